The second-order valence-corrected chi connectivity index (χ2v) is 3.83. The van der Waals surface area contributed by atoms with Gasteiger partial charge in [-0.15, -0.1) is 11.3 Å². The van der Waals surface area contributed by atoms with Crippen LogP contribution in [0.4, 0.5) is 4.79 Å². The molecule has 2 N–H and O–H groups in total. The number of alkyl carbamates (subject to hydrolysis) is 1. The Hall–Kier alpha value is -1.56. The molecule has 0 aromatic carbocycles. The summed E-state index contributed by atoms with van der Waals surface area (Å²) in [5.74, 6) is -0.124. The lowest BCUT2D eigenvalue weighted by Crippen LogP contribution is -2.34. The van der Waals surface area contributed by atoms with E-state index in [2.05, 4.69) is 15.4 Å². The Morgan fingerprint density at radius 1 is 1.38 bits per heavy atom. The van der Waals surface area contributed by atoms with Crippen LogP contribution in [0.3, 0.4) is 0 Å². The first-order chi connectivity index (χ1) is 7.74. The summed E-state index contributed by atoms with van der Waals surface area (Å²) < 4.78 is 4.66. The third kappa shape index (κ3) is 4.31. The molecule has 1 aromatic heterocycles. The lowest BCUT2D eigenvalue weighted by molar-refractivity contribution is 0.0956. The number of ether oxygens (including phenoxy) is 1. The van der Waals surface area contributed by atoms with Crippen molar-refractivity contribution in [2.75, 3.05) is 19.7 Å². The third-order valence-corrected chi connectivity index (χ3v) is 2.57. The molecule has 0 aliphatic rings. The summed E-state index contributed by atoms with van der Waals surface area (Å²) in [4.78, 5) is 23.0. The lowest BCUT2D eigenvalue weighted by Gasteiger charge is -2.05. The van der Waals surface area contributed by atoms with E-state index in [0.717, 1.165) is 0 Å². The number of hydrogen-bond acceptors (Lipinski definition) is 4. The van der Waals surface area contributed by atoms with Crippen molar-refractivity contribution in [3.8, 4) is 0 Å². The first kappa shape index (κ1) is 12.5. The Morgan fingerprint density at radius 3 is 2.75 bits per heavy atom. The Morgan fingerprint density at radius 2 is 2.12 bits per heavy atom. The molecular formula is C10H14N2O3S. The van der Waals surface area contributed by atoms with Crippen LogP contribution in [0, 0.1) is 0 Å². The fraction of sp³-hybridized carbons (Fsp3) is 0.400. The number of rotatable bonds is 5. The van der Waals surface area contributed by atoms with E-state index in [1.807, 2.05) is 11.4 Å². The second-order valence-electron chi connectivity index (χ2n) is 2.88. The average Bonchev–Trinajstić information content (AvgIpc) is 2.78. The molecule has 0 saturated carbocycles. The molecule has 0 aliphatic heterocycles. The molecule has 16 heavy (non-hydrogen) atoms. The topological polar surface area (TPSA) is 67.4 Å². The standard InChI is InChI=1S/C10H14N2O3S/c1-2-15-10(14)12-6-5-11-9(13)8-4-3-7-16-8/h3-4,7H,2,5-6H2,1H3,(H,11,13)(H,12,14). The molecule has 6 heteroatoms. The van der Waals surface area contributed by atoms with Gasteiger partial charge in [-0.3, -0.25) is 4.79 Å². The highest BCUT2D eigenvalue weighted by Gasteiger charge is 2.05. The Kier molecular flexibility index (Phi) is 5.35. The molecule has 0 aliphatic carbocycles. The van der Waals surface area contributed by atoms with E-state index in [0.29, 0.717) is 24.6 Å². The van der Waals surface area contributed by atoms with E-state index in [9.17, 15) is 9.59 Å². The van der Waals surface area contributed by atoms with Gasteiger partial charge in [-0.05, 0) is 18.4 Å². The quantitative estimate of drug-likeness (QED) is 0.763. The zero-order valence-corrected chi connectivity index (χ0v) is 9.80. The Balaban J connectivity index is 2.12. The molecule has 0 fully saturated rings. The molecule has 0 radical (unpaired) electrons. The summed E-state index contributed by atoms with van der Waals surface area (Å²) in [6.45, 7) is 2.82. The van der Waals surface area contributed by atoms with Gasteiger partial charge in [0.25, 0.3) is 5.91 Å². The average molecular weight is 242 g/mol. The van der Waals surface area contributed by atoms with E-state index in [1.54, 1.807) is 13.0 Å². The highest BCUT2D eigenvalue weighted by Crippen LogP contribution is 2.07. The minimum absolute atomic E-state index is 0.124. The summed E-state index contributed by atoms with van der Waals surface area (Å²) in [5.41, 5.74) is 0. The first-order valence-electron chi connectivity index (χ1n) is 4.96. The van der Waals surface area contributed by atoms with Crippen LogP contribution in [0.1, 0.15) is 16.6 Å². The van der Waals surface area contributed by atoms with Crippen molar-refractivity contribution < 1.29 is 14.3 Å². The van der Waals surface area contributed by atoms with Crippen LogP contribution in [-0.2, 0) is 4.74 Å². The lowest BCUT2D eigenvalue weighted by atomic mass is 10.4. The number of amides is 2. The maximum atomic E-state index is 11.4. The fourth-order valence-electron chi connectivity index (χ4n) is 1.02. The van der Waals surface area contributed by atoms with Gasteiger partial charge in [0.2, 0.25) is 0 Å². The van der Waals surface area contributed by atoms with Crippen LogP contribution in [0.15, 0.2) is 17.5 Å². The number of hydrogen-bond donors (Lipinski definition) is 2. The van der Waals surface area contributed by atoms with E-state index >= 15 is 0 Å². The summed E-state index contributed by atoms with van der Waals surface area (Å²) in [5, 5.41) is 7.03. The highest BCUT2D eigenvalue weighted by molar-refractivity contribution is 7.12. The van der Waals surface area contributed by atoms with Gasteiger partial charge in [0.1, 0.15) is 0 Å². The molecule has 0 atom stereocenters. The summed E-state index contributed by atoms with van der Waals surface area (Å²) in [7, 11) is 0. The number of carbonyl (C=O) groups excluding carboxylic acids is 2. The van der Waals surface area contributed by atoms with E-state index in [4.69, 9.17) is 0 Å². The van der Waals surface area contributed by atoms with Crippen molar-refractivity contribution >= 4 is 23.3 Å². The molecule has 0 saturated heterocycles. The smallest absolute Gasteiger partial charge is 0.407 e. The normalized spacial score (nSPS) is 9.56. The molecule has 2 amide bonds. The Labute approximate surface area is 97.8 Å². The molecular weight excluding hydrogens is 228 g/mol. The van der Waals surface area contributed by atoms with Crippen molar-refractivity contribution in [1.82, 2.24) is 10.6 Å². The predicted octanol–water partition coefficient (Wildman–Crippen LogP) is 1.22. The molecule has 1 aromatic rings. The van der Waals surface area contributed by atoms with Crippen LogP contribution in [0.5, 0.6) is 0 Å². The molecule has 1 heterocycles. The van der Waals surface area contributed by atoms with Crippen molar-refractivity contribution in [2.45, 2.75) is 6.92 Å². The fourth-order valence-corrected chi connectivity index (χ4v) is 1.66. The van der Waals surface area contributed by atoms with Crippen LogP contribution in [0.2, 0.25) is 0 Å². The SMILES string of the molecule is CCOC(=O)NCCNC(=O)c1cccs1. The van der Waals surface area contributed by atoms with Gasteiger partial charge in [-0.2, -0.15) is 0 Å². The number of nitrogens with one attached hydrogen (secondary N) is 2. The van der Waals surface area contributed by atoms with Gasteiger partial charge in [0, 0.05) is 13.1 Å². The van der Waals surface area contributed by atoms with Gasteiger partial charge in [0.15, 0.2) is 0 Å². The second kappa shape index (κ2) is 6.84. The zero-order chi connectivity index (χ0) is 11.8. The van der Waals surface area contributed by atoms with Gasteiger partial charge in [0.05, 0.1) is 11.5 Å². The summed E-state index contributed by atoms with van der Waals surface area (Å²) in [6.07, 6.45) is -0.465. The molecule has 5 nitrogen and oxygen atoms in total. The zero-order valence-electron chi connectivity index (χ0n) is 8.99. The number of carbonyl (C=O) groups is 2. The first-order valence-corrected chi connectivity index (χ1v) is 5.84. The van der Waals surface area contributed by atoms with E-state index in [-0.39, 0.29) is 5.91 Å². The Bertz CT molecular complexity index is 338. The highest BCUT2D eigenvalue weighted by atomic mass is 32.1. The van der Waals surface area contributed by atoms with Crippen LogP contribution >= 0.6 is 11.3 Å². The van der Waals surface area contributed by atoms with Crippen LogP contribution < -0.4 is 10.6 Å². The third-order valence-electron chi connectivity index (χ3n) is 1.70. The summed E-state index contributed by atoms with van der Waals surface area (Å²) in [6, 6.07) is 3.56. The minimum Gasteiger partial charge on any atom is -0.450 e. The van der Waals surface area contributed by atoms with Gasteiger partial charge in [-0.25, -0.2) is 4.79 Å². The monoisotopic (exact) mass is 242 g/mol. The van der Waals surface area contributed by atoms with Gasteiger partial charge < -0.3 is 15.4 Å². The number of thiophene rings is 1. The molecule has 0 bridgehead atoms. The predicted molar refractivity (Wildman–Crippen MR) is 61.7 cm³/mol. The van der Waals surface area contributed by atoms with Crippen LogP contribution in [0.25, 0.3) is 0 Å². The maximum Gasteiger partial charge on any atom is 0.407 e. The van der Waals surface area contributed by atoms with Crippen molar-refractivity contribution in [1.29, 1.82) is 0 Å². The van der Waals surface area contributed by atoms with Crippen molar-refractivity contribution in [3.05, 3.63) is 22.4 Å². The van der Waals surface area contributed by atoms with Crippen molar-refractivity contribution in [3.63, 3.8) is 0 Å². The molecule has 0 spiro atoms. The van der Waals surface area contributed by atoms with E-state index < -0.39 is 6.09 Å². The van der Waals surface area contributed by atoms with Crippen molar-refractivity contribution in [2.24, 2.45) is 0 Å². The minimum atomic E-state index is -0.465. The molecule has 0 unspecified atom stereocenters. The molecule has 88 valence electrons. The molecule has 1 rings (SSSR count). The summed E-state index contributed by atoms with van der Waals surface area (Å²) >= 11 is 1.38. The largest absolute Gasteiger partial charge is 0.450 e. The maximum absolute atomic E-state index is 11.4. The van der Waals surface area contributed by atoms with Gasteiger partial charge >= 0.3 is 6.09 Å². The van der Waals surface area contributed by atoms with E-state index in [1.165, 1.54) is 11.3 Å². The van der Waals surface area contributed by atoms with Gasteiger partial charge in [-0.1, -0.05) is 6.07 Å². The van der Waals surface area contributed by atoms with Crippen LogP contribution in [-0.4, -0.2) is 31.7 Å².